The van der Waals surface area contributed by atoms with Crippen LogP contribution in [-0.2, 0) is 0 Å². The number of hydrogen-bond acceptors (Lipinski definition) is 0. The van der Waals surface area contributed by atoms with Crippen LogP contribution in [0.4, 0.5) is 0 Å². The van der Waals surface area contributed by atoms with Gasteiger partial charge < -0.3 is 0 Å². The van der Waals surface area contributed by atoms with E-state index in [-0.39, 0.29) is 0 Å². The number of rotatable bonds is 9. The Morgan fingerprint density at radius 2 is 1.14 bits per heavy atom. The molecule has 0 atom stereocenters. The third kappa shape index (κ3) is 12.7. The molecule has 0 aromatic rings. The summed E-state index contributed by atoms with van der Waals surface area (Å²) in [5, 5.41) is 1.18. The van der Waals surface area contributed by atoms with Gasteiger partial charge in [0.15, 0.2) is 0 Å². The van der Waals surface area contributed by atoms with Crippen LogP contribution in [0, 0.1) is 0 Å². The van der Waals surface area contributed by atoms with Crippen LogP contribution in [0.1, 0.15) is 44.9 Å². The SMILES string of the molecule is C[Si](C)(C)CCCCCCCCCBr. The minimum absolute atomic E-state index is 0.745. The van der Waals surface area contributed by atoms with Gasteiger partial charge in [0, 0.05) is 13.4 Å². The van der Waals surface area contributed by atoms with E-state index in [1.807, 2.05) is 0 Å². The van der Waals surface area contributed by atoms with Crippen molar-refractivity contribution < 1.29 is 0 Å². The zero-order chi connectivity index (χ0) is 10.9. The molecule has 0 aromatic heterocycles. The maximum atomic E-state index is 3.47. The molecule has 0 rings (SSSR count). The predicted molar refractivity (Wildman–Crippen MR) is 74.3 cm³/mol. The van der Waals surface area contributed by atoms with Crippen molar-refractivity contribution in [2.75, 3.05) is 5.33 Å². The minimum Gasteiger partial charge on any atom is -0.0928 e. The second kappa shape index (κ2) is 8.96. The number of unbranched alkanes of at least 4 members (excludes halogenated alkanes) is 6. The average Bonchev–Trinajstić information content (AvgIpc) is 2.08. The highest BCUT2D eigenvalue weighted by atomic mass is 79.9. The van der Waals surface area contributed by atoms with Gasteiger partial charge in [-0.05, 0) is 6.42 Å². The second-order valence-electron chi connectivity index (χ2n) is 5.47. The molecule has 0 aliphatic heterocycles. The fourth-order valence-electron chi connectivity index (χ4n) is 1.63. The smallest absolute Gasteiger partial charge is 0.0442 e. The summed E-state index contributed by atoms with van der Waals surface area (Å²) in [5.74, 6) is 0. The van der Waals surface area contributed by atoms with Gasteiger partial charge in [0.2, 0.25) is 0 Å². The Morgan fingerprint density at radius 3 is 1.57 bits per heavy atom. The Kier molecular flexibility index (Phi) is 9.41. The Labute approximate surface area is 100 Å². The maximum Gasteiger partial charge on any atom is 0.0442 e. The molecule has 0 aliphatic rings. The van der Waals surface area contributed by atoms with Crippen LogP contribution >= 0.6 is 15.9 Å². The predicted octanol–water partition coefficient (Wildman–Crippen LogP) is 5.45. The summed E-state index contributed by atoms with van der Waals surface area (Å²) in [4.78, 5) is 0. The van der Waals surface area contributed by atoms with Gasteiger partial charge in [0.1, 0.15) is 0 Å². The van der Waals surface area contributed by atoms with Crippen molar-refractivity contribution in [3.63, 3.8) is 0 Å². The van der Waals surface area contributed by atoms with Gasteiger partial charge in [-0.2, -0.15) is 0 Å². The van der Waals surface area contributed by atoms with Crippen molar-refractivity contribution in [3.05, 3.63) is 0 Å². The van der Waals surface area contributed by atoms with E-state index in [2.05, 4.69) is 35.6 Å². The Bertz CT molecular complexity index is 118. The standard InChI is InChI=1S/C12H27BrSi/c1-14(2,3)12-10-8-6-4-5-7-9-11-13/h4-12H2,1-3H3. The molecule has 0 nitrogen and oxygen atoms in total. The van der Waals surface area contributed by atoms with Crippen LogP contribution in [0.15, 0.2) is 0 Å². The first kappa shape index (κ1) is 14.7. The molecule has 0 saturated carbocycles. The van der Waals surface area contributed by atoms with Gasteiger partial charge in [-0.15, -0.1) is 0 Å². The number of halogens is 1. The van der Waals surface area contributed by atoms with Crippen LogP contribution < -0.4 is 0 Å². The lowest BCUT2D eigenvalue weighted by Crippen LogP contribution is -2.18. The van der Waals surface area contributed by atoms with Gasteiger partial charge in [-0.1, -0.05) is 80.1 Å². The van der Waals surface area contributed by atoms with E-state index in [0.717, 1.165) is 0 Å². The molecule has 0 N–H and O–H groups in total. The maximum absolute atomic E-state index is 3.47. The molecular weight excluding hydrogens is 252 g/mol. The van der Waals surface area contributed by atoms with E-state index >= 15 is 0 Å². The van der Waals surface area contributed by atoms with Crippen LogP contribution in [-0.4, -0.2) is 13.4 Å². The summed E-state index contributed by atoms with van der Waals surface area (Å²) in [7, 11) is -0.745. The fourth-order valence-corrected chi connectivity index (χ4v) is 3.34. The van der Waals surface area contributed by atoms with Crippen molar-refractivity contribution in [2.24, 2.45) is 0 Å². The third-order valence-corrected chi connectivity index (χ3v) is 4.97. The molecule has 86 valence electrons. The third-order valence-electron chi connectivity index (χ3n) is 2.56. The highest BCUT2D eigenvalue weighted by molar-refractivity contribution is 9.09. The topological polar surface area (TPSA) is 0 Å². The lowest BCUT2D eigenvalue weighted by molar-refractivity contribution is 0.602. The zero-order valence-corrected chi connectivity index (χ0v) is 12.8. The highest BCUT2D eigenvalue weighted by Gasteiger charge is 2.11. The van der Waals surface area contributed by atoms with E-state index in [0.29, 0.717) is 0 Å². The first-order valence-corrected chi connectivity index (χ1v) is 10.9. The number of hydrogen-bond donors (Lipinski definition) is 0. The van der Waals surface area contributed by atoms with Gasteiger partial charge in [-0.3, -0.25) is 0 Å². The summed E-state index contributed by atoms with van der Waals surface area (Å²) in [6.07, 6.45) is 10.1. The van der Waals surface area contributed by atoms with Crippen molar-refractivity contribution in [3.8, 4) is 0 Å². The number of alkyl halides is 1. The summed E-state index contributed by atoms with van der Waals surface area (Å²) in [6.45, 7) is 7.43. The van der Waals surface area contributed by atoms with Gasteiger partial charge >= 0.3 is 0 Å². The van der Waals surface area contributed by atoms with Crippen molar-refractivity contribution in [1.29, 1.82) is 0 Å². The quantitative estimate of drug-likeness (QED) is 0.299. The van der Waals surface area contributed by atoms with Crippen LogP contribution in [0.2, 0.25) is 25.7 Å². The van der Waals surface area contributed by atoms with Gasteiger partial charge in [-0.25, -0.2) is 0 Å². The molecule has 0 bridgehead atoms. The average molecular weight is 279 g/mol. The second-order valence-corrected chi connectivity index (χ2v) is 11.9. The lowest BCUT2D eigenvalue weighted by atomic mass is 10.1. The van der Waals surface area contributed by atoms with Gasteiger partial charge in [0.05, 0.1) is 0 Å². The Balaban J connectivity index is 2.99. The first-order valence-electron chi connectivity index (χ1n) is 6.12. The molecule has 0 radical (unpaired) electrons. The summed E-state index contributed by atoms with van der Waals surface area (Å²) < 4.78 is 0. The van der Waals surface area contributed by atoms with Gasteiger partial charge in [0.25, 0.3) is 0 Å². The lowest BCUT2D eigenvalue weighted by Gasteiger charge is -2.14. The normalized spacial score (nSPS) is 12.0. The Hall–Kier alpha value is 0.697. The Morgan fingerprint density at radius 1 is 0.714 bits per heavy atom. The molecule has 0 spiro atoms. The van der Waals surface area contributed by atoms with E-state index in [9.17, 15) is 0 Å². The van der Waals surface area contributed by atoms with E-state index in [1.165, 1.54) is 56.3 Å². The fraction of sp³-hybridized carbons (Fsp3) is 1.00. The van der Waals surface area contributed by atoms with Crippen LogP contribution in [0.3, 0.4) is 0 Å². The monoisotopic (exact) mass is 278 g/mol. The van der Waals surface area contributed by atoms with E-state index < -0.39 is 8.07 Å². The molecule has 0 saturated heterocycles. The molecule has 0 heterocycles. The summed E-state index contributed by atoms with van der Waals surface area (Å²) >= 11 is 3.47. The molecule has 0 aliphatic carbocycles. The van der Waals surface area contributed by atoms with Crippen LogP contribution in [0.5, 0.6) is 0 Å². The largest absolute Gasteiger partial charge is 0.0928 e. The molecule has 2 heteroatoms. The summed E-state index contributed by atoms with van der Waals surface area (Å²) in [6, 6.07) is 1.52. The molecule has 0 unspecified atom stereocenters. The van der Waals surface area contributed by atoms with Crippen molar-refractivity contribution in [1.82, 2.24) is 0 Å². The molecular formula is C12H27BrSi. The highest BCUT2D eigenvalue weighted by Crippen LogP contribution is 2.15. The zero-order valence-electron chi connectivity index (χ0n) is 10.2. The molecule has 14 heavy (non-hydrogen) atoms. The molecule has 0 aromatic carbocycles. The van der Waals surface area contributed by atoms with E-state index in [1.54, 1.807) is 0 Å². The minimum atomic E-state index is -0.745. The van der Waals surface area contributed by atoms with E-state index in [4.69, 9.17) is 0 Å². The molecule has 0 fully saturated rings. The van der Waals surface area contributed by atoms with Crippen LogP contribution in [0.25, 0.3) is 0 Å². The van der Waals surface area contributed by atoms with Crippen molar-refractivity contribution >= 4 is 24.0 Å². The van der Waals surface area contributed by atoms with Crippen molar-refractivity contribution in [2.45, 2.75) is 70.6 Å². The summed E-state index contributed by atoms with van der Waals surface area (Å²) in [5.41, 5.74) is 0. The first-order chi connectivity index (χ1) is 6.56. The molecule has 0 amide bonds.